The molecule has 1 aliphatic rings. The number of aliphatic hydroxyl groups excluding tert-OH is 1. The Hall–Kier alpha value is 0.170. The topological polar surface area (TPSA) is 43.7 Å². The monoisotopic (exact) mass is 263 g/mol. The van der Waals surface area contributed by atoms with Crippen molar-refractivity contribution < 1.29 is 10.2 Å². The highest BCUT2D eigenvalue weighted by Gasteiger charge is 2.41. The molecule has 17 heavy (non-hydrogen) atoms. The zero-order valence-corrected chi connectivity index (χ0v) is 11.8. The number of alkyl halides is 1. The third-order valence-corrected chi connectivity index (χ3v) is 4.39. The van der Waals surface area contributed by atoms with E-state index >= 15 is 0 Å². The number of hydrogen-bond acceptors (Lipinski definition) is 3. The molecule has 1 rings (SSSR count). The highest BCUT2D eigenvalue weighted by molar-refractivity contribution is 6.23. The van der Waals surface area contributed by atoms with Crippen LogP contribution in [0.5, 0.6) is 0 Å². The molecule has 0 bridgehead atoms. The van der Waals surface area contributed by atoms with Crippen molar-refractivity contribution >= 4 is 11.6 Å². The molecular formula is C13H26ClNO2. The Morgan fingerprint density at radius 3 is 2.71 bits per heavy atom. The van der Waals surface area contributed by atoms with Crippen molar-refractivity contribution in [3.8, 4) is 0 Å². The van der Waals surface area contributed by atoms with Gasteiger partial charge in [-0.1, -0.05) is 38.3 Å². The van der Waals surface area contributed by atoms with Crippen LogP contribution < -0.4 is 0 Å². The lowest BCUT2D eigenvalue weighted by atomic mass is 9.99. The Bertz CT molecular complexity index is 223. The van der Waals surface area contributed by atoms with Gasteiger partial charge in [0.05, 0.1) is 12.6 Å². The fraction of sp³-hybridized carbons (Fsp3) is 1.00. The third-order valence-electron chi connectivity index (χ3n) is 3.87. The van der Waals surface area contributed by atoms with Gasteiger partial charge in [-0.15, -0.1) is 0 Å². The molecule has 0 aromatic carbocycles. The molecule has 2 N–H and O–H groups in total. The van der Waals surface area contributed by atoms with Gasteiger partial charge < -0.3 is 10.2 Å². The van der Waals surface area contributed by atoms with Crippen LogP contribution in [0.3, 0.4) is 0 Å². The Balaban J connectivity index is 2.74. The third kappa shape index (κ3) is 3.82. The number of rotatable bonds is 7. The predicted octanol–water partition coefficient (Wildman–Crippen LogP) is 2.34. The number of likely N-dealkylation sites (tertiary alicyclic amines) is 1. The van der Waals surface area contributed by atoms with E-state index in [4.69, 9.17) is 11.6 Å². The molecule has 0 radical (unpaired) electrons. The van der Waals surface area contributed by atoms with E-state index in [1.54, 1.807) is 0 Å². The van der Waals surface area contributed by atoms with E-state index in [0.717, 1.165) is 38.6 Å². The number of halogens is 1. The minimum atomic E-state index is -1.16. The first-order valence-corrected chi connectivity index (χ1v) is 7.22. The number of nitrogens with zero attached hydrogens (tertiary/aromatic N) is 1. The predicted molar refractivity (Wildman–Crippen MR) is 71.2 cm³/mol. The Labute approximate surface area is 110 Å². The first-order chi connectivity index (χ1) is 8.06. The Morgan fingerprint density at radius 2 is 2.18 bits per heavy atom. The van der Waals surface area contributed by atoms with Gasteiger partial charge in [-0.05, 0) is 32.2 Å². The fourth-order valence-electron chi connectivity index (χ4n) is 2.74. The quantitative estimate of drug-likeness (QED) is 0.693. The lowest BCUT2D eigenvalue weighted by Crippen LogP contribution is -2.52. The van der Waals surface area contributed by atoms with Crippen molar-refractivity contribution in [2.24, 2.45) is 0 Å². The van der Waals surface area contributed by atoms with E-state index in [2.05, 4.69) is 11.8 Å². The summed E-state index contributed by atoms with van der Waals surface area (Å²) in [6.45, 7) is 5.16. The molecule has 3 atom stereocenters. The first-order valence-electron chi connectivity index (χ1n) is 6.84. The smallest absolute Gasteiger partial charge is 0.153 e. The van der Waals surface area contributed by atoms with Gasteiger partial charge >= 0.3 is 0 Å². The molecule has 1 fully saturated rings. The Kier molecular flexibility index (Phi) is 6.21. The van der Waals surface area contributed by atoms with Crippen molar-refractivity contribution in [3.05, 3.63) is 0 Å². The molecule has 4 heteroatoms. The van der Waals surface area contributed by atoms with Gasteiger partial charge in [-0.2, -0.15) is 0 Å². The molecule has 1 saturated heterocycles. The van der Waals surface area contributed by atoms with Crippen LogP contribution in [0.2, 0.25) is 0 Å². The molecule has 3 nitrogen and oxygen atoms in total. The fourth-order valence-corrected chi connectivity index (χ4v) is 2.97. The number of unbranched alkanes of at least 4 members (excludes halogenated alkanes) is 1. The maximum atomic E-state index is 10.3. The minimum absolute atomic E-state index is 0.0335. The van der Waals surface area contributed by atoms with Crippen LogP contribution in [0, 0.1) is 0 Å². The van der Waals surface area contributed by atoms with Crippen LogP contribution in [0.25, 0.3) is 0 Å². The van der Waals surface area contributed by atoms with Gasteiger partial charge in [0, 0.05) is 6.04 Å². The van der Waals surface area contributed by atoms with Gasteiger partial charge in [-0.3, -0.25) is 4.90 Å². The van der Waals surface area contributed by atoms with Crippen LogP contribution in [-0.2, 0) is 0 Å². The molecule has 0 saturated carbocycles. The SMILES string of the molecule is CCCCC(N1CCCC1CO)C(O)(Cl)CC. The average Bonchev–Trinajstić information content (AvgIpc) is 2.77. The summed E-state index contributed by atoms with van der Waals surface area (Å²) in [7, 11) is 0. The molecule has 0 amide bonds. The van der Waals surface area contributed by atoms with E-state index in [9.17, 15) is 10.2 Å². The molecular weight excluding hydrogens is 238 g/mol. The second-order valence-corrected chi connectivity index (χ2v) is 5.70. The maximum absolute atomic E-state index is 10.3. The molecule has 3 unspecified atom stereocenters. The molecule has 0 aromatic heterocycles. The van der Waals surface area contributed by atoms with Crippen LogP contribution >= 0.6 is 11.6 Å². The van der Waals surface area contributed by atoms with Crippen LogP contribution in [0.4, 0.5) is 0 Å². The number of aliphatic hydroxyl groups is 2. The van der Waals surface area contributed by atoms with Gasteiger partial charge in [0.1, 0.15) is 0 Å². The standard InChI is InChI=1S/C13H26ClNO2/c1-3-5-8-12(13(14,17)4-2)15-9-6-7-11(15)10-16/h11-12,16-17H,3-10H2,1-2H3. The van der Waals surface area contributed by atoms with Crippen molar-refractivity contribution in [3.63, 3.8) is 0 Å². The molecule has 1 aliphatic heterocycles. The van der Waals surface area contributed by atoms with E-state index in [0.29, 0.717) is 6.42 Å². The largest absolute Gasteiger partial charge is 0.395 e. The van der Waals surface area contributed by atoms with Crippen LogP contribution in [-0.4, -0.2) is 45.4 Å². The van der Waals surface area contributed by atoms with E-state index in [-0.39, 0.29) is 18.7 Å². The summed E-state index contributed by atoms with van der Waals surface area (Å²) >= 11 is 6.26. The summed E-state index contributed by atoms with van der Waals surface area (Å²) < 4.78 is 0. The lowest BCUT2D eigenvalue weighted by molar-refractivity contribution is -0.00737. The van der Waals surface area contributed by atoms with Crippen LogP contribution in [0.15, 0.2) is 0 Å². The van der Waals surface area contributed by atoms with Gasteiger partial charge in [0.2, 0.25) is 0 Å². The maximum Gasteiger partial charge on any atom is 0.153 e. The van der Waals surface area contributed by atoms with Gasteiger partial charge in [0.25, 0.3) is 0 Å². The Morgan fingerprint density at radius 1 is 1.47 bits per heavy atom. The summed E-state index contributed by atoms with van der Waals surface area (Å²) in [6.07, 6.45) is 5.71. The second-order valence-electron chi connectivity index (χ2n) is 5.05. The summed E-state index contributed by atoms with van der Waals surface area (Å²) in [4.78, 5) is 2.21. The highest BCUT2D eigenvalue weighted by Crippen LogP contribution is 2.33. The summed E-state index contributed by atoms with van der Waals surface area (Å²) in [5.74, 6) is 0. The zero-order valence-electron chi connectivity index (χ0n) is 11.0. The summed E-state index contributed by atoms with van der Waals surface area (Å²) in [6, 6.07) is 0.141. The van der Waals surface area contributed by atoms with E-state index in [1.165, 1.54) is 0 Å². The molecule has 0 aliphatic carbocycles. The summed E-state index contributed by atoms with van der Waals surface area (Å²) in [5.41, 5.74) is 0. The van der Waals surface area contributed by atoms with E-state index < -0.39 is 5.06 Å². The van der Waals surface area contributed by atoms with Crippen molar-refractivity contribution in [1.82, 2.24) is 4.90 Å². The van der Waals surface area contributed by atoms with Crippen molar-refractivity contribution in [1.29, 1.82) is 0 Å². The normalized spacial score (nSPS) is 27.0. The van der Waals surface area contributed by atoms with Gasteiger partial charge in [-0.25, -0.2) is 0 Å². The van der Waals surface area contributed by atoms with Gasteiger partial charge in [0.15, 0.2) is 5.06 Å². The summed E-state index contributed by atoms with van der Waals surface area (Å²) in [5, 5.41) is 18.5. The van der Waals surface area contributed by atoms with Crippen molar-refractivity contribution in [2.75, 3.05) is 13.2 Å². The van der Waals surface area contributed by atoms with Crippen molar-refractivity contribution in [2.45, 2.75) is 69.5 Å². The average molecular weight is 264 g/mol. The molecule has 1 heterocycles. The first kappa shape index (κ1) is 15.2. The molecule has 0 spiro atoms. The molecule has 102 valence electrons. The highest BCUT2D eigenvalue weighted by atomic mass is 35.5. The number of hydrogen-bond donors (Lipinski definition) is 2. The zero-order chi connectivity index (χ0) is 12.9. The molecule has 0 aromatic rings. The lowest BCUT2D eigenvalue weighted by Gasteiger charge is -2.39. The minimum Gasteiger partial charge on any atom is -0.395 e. The second kappa shape index (κ2) is 6.93. The van der Waals surface area contributed by atoms with E-state index in [1.807, 2.05) is 6.92 Å². The van der Waals surface area contributed by atoms with Crippen LogP contribution in [0.1, 0.15) is 52.4 Å².